The second kappa shape index (κ2) is 9.16. The van der Waals surface area contributed by atoms with Crippen LogP contribution in [0.5, 0.6) is 0 Å². The van der Waals surface area contributed by atoms with Gasteiger partial charge in [-0.05, 0) is 24.6 Å². The Morgan fingerprint density at radius 1 is 0.889 bits per heavy atom. The van der Waals surface area contributed by atoms with E-state index in [-0.39, 0.29) is 17.7 Å². The third-order valence-electron chi connectivity index (χ3n) is 3.63. The second-order valence-electron chi connectivity index (χ2n) is 5.57. The third-order valence-corrected chi connectivity index (χ3v) is 3.63. The molecular weight excluding hydrogens is 368 g/mol. The van der Waals surface area contributed by atoms with Crippen molar-refractivity contribution in [3.63, 3.8) is 0 Å². The Morgan fingerprint density at radius 2 is 1.48 bits per heavy atom. The average Bonchev–Trinajstić information content (AvgIpc) is 2.68. The van der Waals surface area contributed by atoms with Crippen LogP contribution < -0.4 is 0 Å². The van der Waals surface area contributed by atoms with Gasteiger partial charge >= 0.3 is 11.9 Å². The second-order valence-corrected chi connectivity index (χ2v) is 5.57. The van der Waals surface area contributed by atoms with Crippen LogP contribution in [0.1, 0.15) is 46.0 Å². The van der Waals surface area contributed by atoms with Crippen molar-refractivity contribution in [2.45, 2.75) is 26.4 Å². The fraction of sp³-hybridized carbons (Fsp3) is 0.263. The van der Waals surface area contributed by atoms with Crippen molar-refractivity contribution in [3.05, 3.63) is 70.3 Å². The van der Waals surface area contributed by atoms with Crippen LogP contribution in [0.3, 0.4) is 0 Å². The lowest BCUT2D eigenvalue weighted by atomic mass is 10.1. The highest BCUT2D eigenvalue weighted by molar-refractivity contribution is 6.03. The molecule has 0 heterocycles. The molecule has 0 fully saturated rings. The summed E-state index contributed by atoms with van der Waals surface area (Å²) in [7, 11) is 0. The van der Waals surface area contributed by atoms with E-state index in [0.717, 1.165) is 6.42 Å². The number of hydrogen-bond donors (Lipinski definition) is 0. The van der Waals surface area contributed by atoms with Gasteiger partial charge in [0, 0.05) is 5.56 Å². The highest BCUT2D eigenvalue weighted by Gasteiger charge is 2.22. The summed E-state index contributed by atoms with van der Waals surface area (Å²) in [5.74, 6) is -8.99. The molecule has 2 rings (SSSR count). The summed E-state index contributed by atoms with van der Waals surface area (Å²) in [5.41, 5.74) is -0.888. The minimum absolute atomic E-state index is 0.0597. The minimum Gasteiger partial charge on any atom is -0.462 e. The molecule has 27 heavy (non-hydrogen) atoms. The molecule has 2 aromatic carbocycles. The summed E-state index contributed by atoms with van der Waals surface area (Å²) in [5, 5.41) is 0. The van der Waals surface area contributed by atoms with Crippen LogP contribution in [0.2, 0.25) is 0 Å². The zero-order chi connectivity index (χ0) is 20.0. The molecule has 0 spiro atoms. The van der Waals surface area contributed by atoms with E-state index in [1.165, 1.54) is 24.3 Å². The Kier molecular flexibility index (Phi) is 6.92. The van der Waals surface area contributed by atoms with Gasteiger partial charge in [0.15, 0.2) is 23.3 Å². The molecule has 4 nitrogen and oxygen atoms in total. The van der Waals surface area contributed by atoms with E-state index in [0.29, 0.717) is 12.5 Å². The molecular formula is C19H16F4O4. The number of esters is 2. The monoisotopic (exact) mass is 384 g/mol. The van der Waals surface area contributed by atoms with Crippen molar-refractivity contribution in [1.29, 1.82) is 0 Å². The number of carbonyl (C=O) groups is 2. The number of halogens is 4. The van der Waals surface area contributed by atoms with Crippen molar-refractivity contribution in [2.24, 2.45) is 0 Å². The summed E-state index contributed by atoms with van der Waals surface area (Å²) < 4.78 is 62.9. The Hall–Kier alpha value is -2.90. The topological polar surface area (TPSA) is 52.6 Å². The van der Waals surface area contributed by atoms with Crippen LogP contribution in [0.25, 0.3) is 0 Å². The fourth-order valence-electron chi connectivity index (χ4n) is 2.17. The number of unbranched alkanes of at least 4 members (excludes halogenated alkanes) is 1. The molecule has 0 aliphatic heterocycles. The maximum atomic E-state index is 13.6. The van der Waals surface area contributed by atoms with Crippen molar-refractivity contribution in [1.82, 2.24) is 0 Å². The average molecular weight is 384 g/mol. The van der Waals surface area contributed by atoms with Gasteiger partial charge in [-0.2, -0.15) is 0 Å². The Balaban J connectivity index is 2.14. The predicted octanol–water partition coefficient (Wildman–Crippen LogP) is 4.56. The number of carbonyl (C=O) groups excluding carboxylic acids is 2. The molecule has 144 valence electrons. The summed E-state index contributed by atoms with van der Waals surface area (Å²) in [6.07, 6.45) is 1.46. The lowest BCUT2D eigenvalue weighted by Gasteiger charge is -2.10. The summed E-state index contributed by atoms with van der Waals surface area (Å²) in [4.78, 5) is 24.3. The lowest BCUT2D eigenvalue weighted by molar-refractivity contribution is 0.0433. The molecule has 0 saturated carbocycles. The quantitative estimate of drug-likeness (QED) is 0.231. The van der Waals surface area contributed by atoms with Crippen molar-refractivity contribution < 1.29 is 36.6 Å². The van der Waals surface area contributed by atoms with Crippen molar-refractivity contribution in [2.75, 3.05) is 6.61 Å². The van der Waals surface area contributed by atoms with Crippen molar-refractivity contribution in [3.8, 4) is 0 Å². The van der Waals surface area contributed by atoms with Gasteiger partial charge < -0.3 is 9.47 Å². The van der Waals surface area contributed by atoms with Gasteiger partial charge in [-0.25, -0.2) is 27.2 Å². The van der Waals surface area contributed by atoms with Crippen LogP contribution in [0.4, 0.5) is 17.6 Å². The largest absolute Gasteiger partial charge is 0.462 e. The smallest absolute Gasteiger partial charge is 0.339 e. The van der Waals surface area contributed by atoms with Gasteiger partial charge in [-0.3, -0.25) is 0 Å². The molecule has 0 aliphatic carbocycles. The molecule has 8 heteroatoms. The first-order valence-corrected chi connectivity index (χ1v) is 8.12. The molecule has 0 saturated heterocycles. The maximum Gasteiger partial charge on any atom is 0.339 e. The standard InChI is InChI=1S/C19H16F4O4/c1-2-3-8-26-18(24)12-6-4-5-7-13(12)19(25)27-10-11-9-14(20)16(22)17(23)15(11)21/h4-7,9H,2-3,8,10H2,1H3. The summed E-state index contributed by atoms with van der Waals surface area (Å²) in [6, 6.07) is 6.02. The van der Waals surface area contributed by atoms with E-state index in [1.54, 1.807) is 0 Å². The van der Waals surface area contributed by atoms with E-state index in [9.17, 15) is 27.2 Å². The van der Waals surface area contributed by atoms with E-state index < -0.39 is 47.4 Å². The summed E-state index contributed by atoms with van der Waals surface area (Å²) in [6.45, 7) is 1.25. The van der Waals surface area contributed by atoms with Crippen LogP contribution >= 0.6 is 0 Å². The molecule has 0 aromatic heterocycles. The van der Waals surface area contributed by atoms with Crippen LogP contribution in [0.15, 0.2) is 30.3 Å². The highest BCUT2D eigenvalue weighted by atomic mass is 19.2. The van der Waals surface area contributed by atoms with Crippen LogP contribution in [-0.4, -0.2) is 18.5 Å². The maximum absolute atomic E-state index is 13.6. The molecule has 0 atom stereocenters. The van der Waals surface area contributed by atoms with E-state index >= 15 is 0 Å². The summed E-state index contributed by atoms with van der Waals surface area (Å²) >= 11 is 0. The van der Waals surface area contributed by atoms with E-state index in [2.05, 4.69) is 0 Å². The first-order valence-electron chi connectivity index (χ1n) is 8.12. The lowest BCUT2D eigenvalue weighted by Crippen LogP contribution is -2.15. The minimum atomic E-state index is -2.00. The highest BCUT2D eigenvalue weighted by Crippen LogP contribution is 2.20. The Labute approximate surface area is 152 Å². The van der Waals surface area contributed by atoms with Crippen LogP contribution in [0, 0.1) is 23.3 Å². The molecule has 0 amide bonds. The SMILES string of the molecule is CCCCOC(=O)c1ccccc1C(=O)OCc1cc(F)c(F)c(F)c1F. The van der Waals surface area contributed by atoms with Gasteiger partial charge in [0.05, 0.1) is 17.7 Å². The predicted molar refractivity (Wildman–Crippen MR) is 87.0 cm³/mol. The van der Waals surface area contributed by atoms with Gasteiger partial charge in [0.2, 0.25) is 0 Å². The molecule has 0 unspecified atom stereocenters. The number of ether oxygens (including phenoxy) is 2. The number of hydrogen-bond acceptors (Lipinski definition) is 4. The Bertz CT molecular complexity index is 852. The van der Waals surface area contributed by atoms with Crippen molar-refractivity contribution >= 4 is 11.9 Å². The zero-order valence-electron chi connectivity index (χ0n) is 14.4. The van der Waals surface area contributed by atoms with E-state index in [1.807, 2.05) is 6.92 Å². The third kappa shape index (κ3) is 4.84. The molecule has 2 aromatic rings. The van der Waals surface area contributed by atoms with E-state index in [4.69, 9.17) is 9.47 Å². The normalized spacial score (nSPS) is 10.6. The van der Waals surface area contributed by atoms with Gasteiger partial charge in [0.25, 0.3) is 0 Å². The first-order chi connectivity index (χ1) is 12.9. The Morgan fingerprint density at radius 3 is 2.07 bits per heavy atom. The fourth-order valence-corrected chi connectivity index (χ4v) is 2.17. The van der Waals surface area contributed by atoms with Gasteiger partial charge in [0.1, 0.15) is 6.61 Å². The first kappa shape index (κ1) is 20.4. The zero-order valence-corrected chi connectivity index (χ0v) is 14.4. The molecule has 0 N–H and O–H groups in total. The molecule has 0 aliphatic rings. The van der Waals surface area contributed by atoms with Crippen LogP contribution in [-0.2, 0) is 16.1 Å². The number of rotatable bonds is 7. The molecule has 0 bridgehead atoms. The van der Waals surface area contributed by atoms with Gasteiger partial charge in [-0.15, -0.1) is 0 Å². The number of benzene rings is 2. The van der Waals surface area contributed by atoms with Gasteiger partial charge in [-0.1, -0.05) is 25.5 Å². The molecule has 0 radical (unpaired) electrons.